The molecule has 1 radical (unpaired) electrons. The molecule has 0 atom stereocenters. The van der Waals surface area contributed by atoms with Crippen molar-refractivity contribution in [2.45, 2.75) is 69.2 Å². The van der Waals surface area contributed by atoms with Crippen LogP contribution in [-0.4, -0.2) is 8.07 Å². The topological polar surface area (TPSA) is 0 Å². The van der Waals surface area contributed by atoms with Crippen molar-refractivity contribution < 1.29 is 21.7 Å². The predicted molar refractivity (Wildman–Crippen MR) is 166 cm³/mol. The van der Waals surface area contributed by atoms with E-state index < -0.39 is 8.07 Å². The van der Waals surface area contributed by atoms with Crippen LogP contribution in [0.5, 0.6) is 0 Å². The second-order valence-electron chi connectivity index (χ2n) is 10.6. The minimum absolute atomic E-state index is 0. The number of hydrogen-bond acceptors (Lipinski definition) is 0. The van der Waals surface area contributed by atoms with Crippen molar-refractivity contribution in [1.29, 1.82) is 0 Å². The van der Waals surface area contributed by atoms with Crippen LogP contribution in [0.4, 0.5) is 0 Å². The molecule has 0 bridgehead atoms. The molecule has 0 nitrogen and oxygen atoms in total. The third-order valence-electron chi connectivity index (χ3n) is 8.06. The van der Waals surface area contributed by atoms with E-state index in [1.807, 2.05) is 0 Å². The molecule has 0 heterocycles. The molecule has 0 fully saturated rings. The average Bonchev–Trinajstić information content (AvgIpc) is 2.96. The van der Waals surface area contributed by atoms with Gasteiger partial charge in [0.1, 0.15) is 8.07 Å². The van der Waals surface area contributed by atoms with Crippen LogP contribution in [0.2, 0.25) is 0 Å². The summed E-state index contributed by atoms with van der Waals surface area (Å²) in [6, 6.07) is 21.5. The number of benzene rings is 3. The molecule has 0 aliphatic rings. The number of aryl methyl sites for hydroxylation is 6. The molecule has 4 aromatic rings. The Labute approximate surface area is 243 Å². The first-order valence-corrected chi connectivity index (χ1v) is 14.5. The summed E-state index contributed by atoms with van der Waals surface area (Å²) >= 11 is 0. The summed E-state index contributed by atoms with van der Waals surface area (Å²) in [5.74, 6) is 0. The van der Waals surface area contributed by atoms with Crippen LogP contribution < -0.4 is 20.7 Å². The van der Waals surface area contributed by atoms with Crippen molar-refractivity contribution in [2.24, 2.45) is 0 Å². The molecular formula is C35H45SiTi. The van der Waals surface area contributed by atoms with Crippen LogP contribution in [0.1, 0.15) is 55.6 Å². The zero-order chi connectivity index (χ0) is 24.9. The predicted octanol–water partition coefficient (Wildman–Crippen LogP) is 6.77. The van der Waals surface area contributed by atoms with Gasteiger partial charge >= 0.3 is 21.7 Å². The molecule has 0 saturated carbocycles. The van der Waals surface area contributed by atoms with Crippen molar-refractivity contribution in [3.63, 3.8) is 0 Å². The van der Waals surface area contributed by atoms with Crippen LogP contribution in [0, 0.1) is 84.1 Å². The summed E-state index contributed by atoms with van der Waals surface area (Å²) in [6.45, 7) is 23.0. The van der Waals surface area contributed by atoms with Gasteiger partial charge in [-0.3, -0.25) is 0 Å². The maximum absolute atomic E-state index is 2.61. The Kier molecular flexibility index (Phi) is 10.9. The molecular weight excluding hydrogens is 496 g/mol. The first-order valence-electron chi connectivity index (χ1n) is 12.5. The fourth-order valence-corrected chi connectivity index (χ4v) is 12.5. The number of hydrogen-bond donors (Lipinski definition) is 0. The summed E-state index contributed by atoms with van der Waals surface area (Å²) in [5.41, 5.74) is 14.0. The fourth-order valence-electron chi connectivity index (χ4n) is 6.12. The SMILES string of the molecule is Cc1cc(C)cc([Si](c2cc(C)ccc2C)(c2cc(C)ccc2C)[c-]2c(C)c(C)c(C)c2C)c1.[CH3-].[CH3-].[Ti+3]. The van der Waals surface area contributed by atoms with Crippen molar-refractivity contribution in [3.05, 3.63) is 125 Å². The summed E-state index contributed by atoms with van der Waals surface area (Å²) in [7, 11) is -2.61. The first-order chi connectivity index (χ1) is 16.0. The van der Waals surface area contributed by atoms with E-state index in [1.54, 1.807) is 5.19 Å². The largest absolute Gasteiger partial charge is 3.00 e. The van der Waals surface area contributed by atoms with Gasteiger partial charge in [0.25, 0.3) is 0 Å². The molecule has 0 aromatic heterocycles. The van der Waals surface area contributed by atoms with E-state index in [1.165, 1.54) is 71.2 Å². The van der Waals surface area contributed by atoms with Crippen LogP contribution in [0.3, 0.4) is 0 Å². The molecule has 0 aliphatic heterocycles. The van der Waals surface area contributed by atoms with Gasteiger partial charge in [-0.2, -0.15) is 22.3 Å². The maximum Gasteiger partial charge on any atom is 3.00 e. The summed E-state index contributed by atoms with van der Waals surface area (Å²) < 4.78 is 0. The summed E-state index contributed by atoms with van der Waals surface area (Å²) in [4.78, 5) is 0. The van der Waals surface area contributed by atoms with Crippen LogP contribution in [0.25, 0.3) is 0 Å². The maximum atomic E-state index is 2.50. The van der Waals surface area contributed by atoms with Crippen molar-refractivity contribution in [1.82, 2.24) is 0 Å². The molecule has 0 saturated heterocycles. The molecule has 0 N–H and O–H groups in total. The monoisotopic (exact) mass is 541 g/mol. The van der Waals surface area contributed by atoms with Gasteiger partial charge in [-0.15, -0.1) is 5.19 Å². The third-order valence-corrected chi connectivity index (χ3v) is 13.4. The van der Waals surface area contributed by atoms with Gasteiger partial charge in [0.2, 0.25) is 0 Å². The van der Waals surface area contributed by atoms with E-state index in [0.29, 0.717) is 0 Å². The molecule has 4 aromatic carbocycles. The standard InChI is InChI=1S/C33H39Si.2CH3.Ti/c1-20-11-13-24(5)31(18-20)34(30-16-22(3)15-23(4)17-30,32-19-21(2)12-14-25(32)6)33-28(9)26(7)27(8)29(33)10;;;/h11-19H,1-10H3;2*1H3;/q3*-1;+3. The zero-order valence-corrected chi connectivity index (χ0v) is 27.8. The van der Waals surface area contributed by atoms with Gasteiger partial charge in [0.05, 0.1) is 0 Å². The van der Waals surface area contributed by atoms with Crippen LogP contribution in [0.15, 0.2) is 54.6 Å². The number of rotatable bonds is 4. The van der Waals surface area contributed by atoms with Crippen molar-refractivity contribution in [3.8, 4) is 0 Å². The molecule has 2 heteroatoms. The minimum Gasteiger partial charge on any atom is -0.358 e. The second kappa shape index (κ2) is 12.2. The second-order valence-corrected chi connectivity index (χ2v) is 14.3. The smallest absolute Gasteiger partial charge is 0.358 e. The Morgan fingerprint density at radius 3 is 1.24 bits per heavy atom. The van der Waals surface area contributed by atoms with Gasteiger partial charge in [-0.1, -0.05) is 131 Å². The molecule has 0 spiro atoms. The van der Waals surface area contributed by atoms with Crippen molar-refractivity contribution in [2.75, 3.05) is 0 Å². The van der Waals surface area contributed by atoms with Gasteiger partial charge < -0.3 is 14.9 Å². The Balaban J connectivity index is 0.00000228. The molecule has 0 unspecified atom stereocenters. The van der Waals surface area contributed by atoms with Crippen molar-refractivity contribution >= 4 is 28.8 Å². The Hall–Kier alpha value is -2.06. The third kappa shape index (κ3) is 5.42. The first kappa shape index (κ1) is 33.0. The van der Waals surface area contributed by atoms with Gasteiger partial charge in [0, 0.05) is 0 Å². The summed E-state index contributed by atoms with van der Waals surface area (Å²) in [6.07, 6.45) is 0. The minimum atomic E-state index is -2.61. The molecule has 0 aliphatic carbocycles. The normalized spacial score (nSPS) is 10.9. The fraction of sp³-hybridized carbons (Fsp3) is 0.286. The van der Waals surface area contributed by atoms with E-state index in [9.17, 15) is 0 Å². The van der Waals surface area contributed by atoms with E-state index in [0.717, 1.165) is 0 Å². The molecule has 193 valence electrons. The van der Waals surface area contributed by atoms with E-state index in [4.69, 9.17) is 0 Å². The molecule has 0 amide bonds. The molecule has 4 rings (SSSR count). The van der Waals surface area contributed by atoms with Gasteiger partial charge in [-0.05, 0) is 41.5 Å². The quantitative estimate of drug-likeness (QED) is 0.152. The Morgan fingerprint density at radius 2 is 0.865 bits per heavy atom. The Morgan fingerprint density at radius 1 is 0.486 bits per heavy atom. The average molecular weight is 542 g/mol. The van der Waals surface area contributed by atoms with Gasteiger partial charge in [-0.25, -0.2) is 0 Å². The van der Waals surface area contributed by atoms with Crippen LogP contribution in [-0.2, 0) is 21.7 Å². The van der Waals surface area contributed by atoms with E-state index in [2.05, 4.69) is 124 Å². The van der Waals surface area contributed by atoms with Crippen LogP contribution >= 0.6 is 0 Å². The summed E-state index contributed by atoms with van der Waals surface area (Å²) in [5, 5.41) is 6.16. The van der Waals surface area contributed by atoms with E-state index in [-0.39, 0.29) is 36.6 Å². The van der Waals surface area contributed by atoms with E-state index >= 15 is 0 Å². The zero-order valence-electron chi connectivity index (χ0n) is 25.2. The Bertz CT molecular complexity index is 1310. The molecule has 37 heavy (non-hydrogen) atoms. The van der Waals surface area contributed by atoms with Gasteiger partial charge in [0.15, 0.2) is 0 Å².